The summed E-state index contributed by atoms with van der Waals surface area (Å²) in [6.07, 6.45) is 0. The number of primary amides is 1. The van der Waals surface area contributed by atoms with Gasteiger partial charge in [0.1, 0.15) is 11.5 Å². The van der Waals surface area contributed by atoms with Gasteiger partial charge in [-0.2, -0.15) is 5.10 Å². The molecule has 9 nitrogen and oxygen atoms in total. The summed E-state index contributed by atoms with van der Waals surface area (Å²) in [6, 6.07) is 8.74. The molecule has 174 valence electrons. The zero-order valence-electron chi connectivity index (χ0n) is 18.5. The fourth-order valence-corrected chi connectivity index (χ4v) is 4.03. The molecule has 0 spiro atoms. The number of amides is 3. The molecule has 3 amide bonds. The highest BCUT2D eigenvalue weighted by molar-refractivity contribution is 6.31. The summed E-state index contributed by atoms with van der Waals surface area (Å²) in [5.74, 6) is -1.38. The van der Waals surface area contributed by atoms with Gasteiger partial charge >= 0.3 is 6.03 Å². The van der Waals surface area contributed by atoms with Crippen LogP contribution in [-0.4, -0.2) is 47.3 Å². The molecule has 0 bridgehead atoms. The molecular formula is C23H21ClFN7O2. The van der Waals surface area contributed by atoms with Crippen molar-refractivity contribution in [2.24, 2.45) is 5.73 Å². The minimum absolute atomic E-state index is 0.0842. The molecule has 0 aliphatic carbocycles. The lowest BCUT2D eigenvalue weighted by Crippen LogP contribution is -2.41. The maximum absolute atomic E-state index is 13.9. The number of urea groups is 1. The van der Waals surface area contributed by atoms with Crippen LogP contribution in [0.4, 0.5) is 26.2 Å². The van der Waals surface area contributed by atoms with Crippen LogP contribution in [0.5, 0.6) is 0 Å². The van der Waals surface area contributed by atoms with Gasteiger partial charge in [-0.05, 0) is 30.3 Å². The van der Waals surface area contributed by atoms with Crippen molar-refractivity contribution in [3.8, 4) is 11.3 Å². The van der Waals surface area contributed by atoms with Crippen molar-refractivity contribution >= 4 is 40.6 Å². The number of hydrogen-bond acceptors (Lipinski definition) is 4. The number of hydrogen-bond donors (Lipinski definition) is 2. The van der Waals surface area contributed by atoms with Crippen LogP contribution in [0.15, 0.2) is 36.4 Å². The van der Waals surface area contributed by atoms with E-state index in [0.29, 0.717) is 35.1 Å². The summed E-state index contributed by atoms with van der Waals surface area (Å²) in [6.45, 7) is 7.67. The van der Waals surface area contributed by atoms with E-state index in [1.165, 1.54) is 17.0 Å². The first kappa shape index (κ1) is 23.1. The van der Waals surface area contributed by atoms with Gasteiger partial charge in [-0.3, -0.25) is 9.48 Å². The second-order valence-corrected chi connectivity index (χ2v) is 8.42. The summed E-state index contributed by atoms with van der Waals surface area (Å²) < 4.78 is 15.6. The summed E-state index contributed by atoms with van der Waals surface area (Å²) in [4.78, 5) is 31.7. The number of nitrogens with zero attached hydrogens (tertiary/aromatic N) is 5. The molecule has 1 aliphatic rings. The Morgan fingerprint density at radius 1 is 1.24 bits per heavy atom. The Kier molecular flexibility index (Phi) is 6.13. The Hall–Kier alpha value is -4.10. The third-order valence-corrected chi connectivity index (χ3v) is 5.72. The van der Waals surface area contributed by atoms with Crippen molar-refractivity contribution in [3.63, 3.8) is 0 Å². The first-order valence-corrected chi connectivity index (χ1v) is 10.7. The first-order chi connectivity index (χ1) is 16.2. The number of halogens is 2. The van der Waals surface area contributed by atoms with E-state index in [-0.39, 0.29) is 23.5 Å². The average molecular weight is 482 g/mol. The summed E-state index contributed by atoms with van der Waals surface area (Å²) in [7, 11) is 3.75. The molecule has 0 fully saturated rings. The van der Waals surface area contributed by atoms with Crippen LogP contribution in [0, 0.1) is 12.4 Å². The minimum atomic E-state index is -0.719. The monoisotopic (exact) mass is 481 g/mol. The van der Waals surface area contributed by atoms with Crippen LogP contribution in [0.2, 0.25) is 5.02 Å². The Labute approximate surface area is 200 Å². The van der Waals surface area contributed by atoms with Gasteiger partial charge in [0.15, 0.2) is 0 Å². The molecule has 0 radical (unpaired) electrons. The van der Waals surface area contributed by atoms with Crippen molar-refractivity contribution in [1.82, 2.24) is 14.7 Å². The SMILES string of the molecule is [C-]#[N+]c1ccc(NC(=O)N2CCn3nc(-c4cc(Cl)cc(N(C)C)c4)c(C(N)=O)c3C2)cc1F. The second kappa shape index (κ2) is 9.03. The first-order valence-electron chi connectivity index (χ1n) is 10.3. The normalized spacial score (nSPS) is 12.6. The smallest absolute Gasteiger partial charge is 0.322 e. The quantitative estimate of drug-likeness (QED) is 0.548. The number of rotatable bonds is 4. The van der Waals surface area contributed by atoms with Crippen LogP contribution in [0.1, 0.15) is 16.1 Å². The molecule has 0 unspecified atom stereocenters. The third kappa shape index (κ3) is 4.38. The van der Waals surface area contributed by atoms with E-state index in [0.717, 1.165) is 11.8 Å². The number of nitrogens with two attached hydrogens (primary N) is 1. The third-order valence-electron chi connectivity index (χ3n) is 5.51. The Morgan fingerprint density at radius 3 is 2.65 bits per heavy atom. The van der Waals surface area contributed by atoms with Crippen LogP contribution in [0.25, 0.3) is 16.1 Å². The van der Waals surface area contributed by atoms with Crippen molar-refractivity contribution in [3.05, 3.63) is 69.9 Å². The molecule has 1 aliphatic heterocycles. The largest absolute Gasteiger partial charge is 0.378 e. The summed E-state index contributed by atoms with van der Waals surface area (Å²) >= 11 is 6.29. The molecule has 2 heterocycles. The highest BCUT2D eigenvalue weighted by Gasteiger charge is 2.30. The molecule has 0 saturated heterocycles. The van der Waals surface area contributed by atoms with Crippen molar-refractivity contribution in [2.75, 3.05) is 30.9 Å². The highest BCUT2D eigenvalue weighted by Crippen LogP contribution is 2.33. The number of anilines is 2. The number of carbonyl (C=O) groups excluding carboxylic acids is 2. The van der Waals surface area contributed by atoms with Gasteiger partial charge in [-0.15, -0.1) is 0 Å². The fraction of sp³-hybridized carbons (Fsp3) is 0.217. The molecule has 1 aromatic heterocycles. The zero-order valence-corrected chi connectivity index (χ0v) is 19.2. The van der Waals surface area contributed by atoms with Gasteiger partial charge in [-0.25, -0.2) is 14.0 Å². The molecule has 4 rings (SSSR count). The number of benzene rings is 2. The molecule has 3 N–H and O–H groups in total. The highest BCUT2D eigenvalue weighted by atomic mass is 35.5. The van der Waals surface area contributed by atoms with Gasteiger partial charge in [0.05, 0.1) is 30.9 Å². The summed E-state index contributed by atoms with van der Waals surface area (Å²) in [5.41, 5.74) is 8.41. The average Bonchev–Trinajstić information content (AvgIpc) is 3.18. The van der Waals surface area contributed by atoms with E-state index in [1.54, 1.807) is 16.8 Å². The molecule has 34 heavy (non-hydrogen) atoms. The molecule has 3 aromatic rings. The maximum Gasteiger partial charge on any atom is 0.322 e. The zero-order chi connectivity index (χ0) is 24.6. The van der Waals surface area contributed by atoms with Gasteiger partial charge in [0, 0.05) is 42.6 Å². The van der Waals surface area contributed by atoms with E-state index < -0.39 is 17.8 Å². The Balaban J connectivity index is 1.64. The van der Waals surface area contributed by atoms with Gasteiger partial charge in [-0.1, -0.05) is 17.7 Å². The van der Waals surface area contributed by atoms with Crippen LogP contribution in [-0.2, 0) is 13.1 Å². The Bertz CT molecular complexity index is 1350. The second-order valence-electron chi connectivity index (χ2n) is 7.98. The van der Waals surface area contributed by atoms with E-state index in [2.05, 4.69) is 15.3 Å². The number of nitrogens with one attached hydrogen (secondary N) is 1. The lowest BCUT2D eigenvalue weighted by atomic mass is 10.0. The predicted octanol–water partition coefficient (Wildman–Crippen LogP) is 4.11. The predicted molar refractivity (Wildman–Crippen MR) is 128 cm³/mol. The molecule has 0 atom stereocenters. The van der Waals surface area contributed by atoms with Crippen LogP contribution >= 0.6 is 11.6 Å². The van der Waals surface area contributed by atoms with Crippen molar-refractivity contribution < 1.29 is 14.0 Å². The topological polar surface area (TPSA) is 101 Å². The number of carbonyl (C=O) groups is 2. The number of fused-ring (bicyclic) bond motifs is 1. The molecule has 0 saturated carbocycles. The van der Waals surface area contributed by atoms with Gasteiger partial charge in [0.25, 0.3) is 5.91 Å². The lowest BCUT2D eigenvalue weighted by molar-refractivity contribution is 0.0997. The standard InChI is InChI=1S/C23H21ClFN7O2/c1-27-18-5-4-15(11-17(18)25)28-23(34)31-6-7-32-19(12-31)20(22(26)33)21(29-32)13-8-14(24)10-16(9-13)30(2)3/h4-5,8-11H,6-7,12H2,2-3H3,(H2,26,33)(H,28,34). The van der Waals surface area contributed by atoms with Gasteiger partial charge in [0.2, 0.25) is 5.69 Å². The van der Waals surface area contributed by atoms with E-state index >= 15 is 0 Å². The molecule has 2 aromatic carbocycles. The van der Waals surface area contributed by atoms with E-state index in [1.807, 2.05) is 25.1 Å². The van der Waals surface area contributed by atoms with Crippen LogP contribution < -0.4 is 16.0 Å². The maximum atomic E-state index is 13.9. The minimum Gasteiger partial charge on any atom is -0.378 e. The number of aromatic nitrogens is 2. The van der Waals surface area contributed by atoms with E-state index in [9.17, 15) is 14.0 Å². The lowest BCUT2D eigenvalue weighted by Gasteiger charge is -2.28. The van der Waals surface area contributed by atoms with Crippen LogP contribution in [0.3, 0.4) is 0 Å². The molecule has 11 heteroatoms. The summed E-state index contributed by atoms with van der Waals surface area (Å²) in [5, 5.41) is 7.71. The Morgan fingerprint density at radius 2 is 2.00 bits per heavy atom. The van der Waals surface area contributed by atoms with Crippen molar-refractivity contribution in [1.29, 1.82) is 0 Å². The van der Waals surface area contributed by atoms with E-state index in [4.69, 9.17) is 23.9 Å². The van der Waals surface area contributed by atoms with Crippen molar-refractivity contribution in [2.45, 2.75) is 13.1 Å². The fourth-order valence-electron chi connectivity index (χ4n) is 3.80. The molecular weight excluding hydrogens is 461 g/mol. The van der Waals surface area contributed by atoms with Gasteiger partial charge < -0.3 is 20.9 Å².